The van der Waals surface area contributed by atoms with Crippen LogP contribution in [0.3, 0.4) is 0 Å². The van der Waals surface area contributed by atoms with E-state index in [2.05, 4.69) is 149 Å². The number of fused-ring (bicyclic) bond motifs is 4. The largest absolute Gasteiger partial charge is 0.311 e. The lowest BCUT2D eigenvalue weighted by atomic mass is 9.96. The molecule has 0 aliphatic rings. The molecular formula is C64H45N3. The zero-order chi connectivity index (χ0) is 48.0. The molecule has 0 spiro atoms. The highest BCUT2D eigenvalue weighted by atomic mass is 15.1. The van der Waals surface area contributed by atoms with E-state index in [0.717, 1.165) is 89.0 Å². The van der Waals surface area contributed by atoms with Gasteiger partial charge in [-0.2, -0.15) is 0 Å². The van der Waals surface area contributed by atoms with Crippen molar-refractivity contribution in [3.8, 4) is 39.1 Å². The molecule has 1 aromatic heterocycles. The minimum Gasteiger partial charge on any atom is -0.311 e. The average Bonchev–Trinajstić information content (AvgIpc) is 3.77. The fraction of sp³-hybridized carbons (Fsp3) is 0. The summed E-state index contributed by atoms with van der Waals surface area (Å²) in [6.07, 6.45) is 0. The fourth-order valence-corrected chi connectivity index (χ4v) is 9.49. The summed E-state index contributed by atoms with van der Waals surface area (Å²) < 4.78 is 41.2. The number of para-hydroxylation sites is 3. The van der Waals surface area contributed by atoms with Gasteiger partial charge in [0.2, 0.25) is 0 Å². The van der Waals surface area contributed by atoms with Crippen LogP contribution in [0.4, 0.5) is 34.1 Å². The molecule has 67 heavy (non-hydrogen) atoms. The van der Waals surface area contributed by atoms with Crippen LogP contribution in [0.5, 0.6) is 0 Å². The first-order valence-electron chi connectivity index (χ1n) is 24.6. The van der Waals surface area contributed by atoms with Gasteiger partial charge in [0.15, 0.2) is 0 Å². The van der Waals surface area contributed by atoms with Gasteiger partial charge in [0.1, 0.15) is 0 Å². The third-order valence-electron chi connectivity index (χ3n) is 12.7. The molecule has 0 amide bonds. The molecule has 0 bridgehead atoms. The maximum Gasteiger partial charge on any atom is 0.0645 e. The highest BCUT2D eigenvalue weighted by Gasteiger charge is 2.20. The van der Waals surface area contributed by atoms with Crippen molar-refractivity contribution in [3.63, 3.8) is 0 Å². The van der Waals surface area contributed by atoms with E-state index in [1.165, 1.54) is 0 Å². The van der Waals surface area contributed by atoms with Crippen molar-refractivity contribution in [1.29, 1.82) is 0 Å². The van der Waals surface area contributed by atoms with E-state index in [9.17, 15) is 5.48 Å². The van der Waals surface area contributed by atoms with Crippen molar-refractivity contribution in [2.45, 2.75) is 0 Å². The number of nitrogens with zero attached hydrogens (tertiary/aromatic N) is 3. The Kier molecular flexibility index (Phi) is 9.11. The highest BCUT2D eigenvalue weighted by Crippen LogP contribution is 2.45. The first-order valence-corrected chi connectivity index (χ1v) is 22.6. The summed E-state index contributed by atoms with van der Waals surface area (Å²) in [4.78, 5) is 4.11. The van der Waals surface area contributed by atoms with Crippen LogP contribution >= 0.6 is 0 Å². The maximum absolute atomic E-state index is 9.73. The summed E-state index contributed by atoms with van der Waals surface area (Å²) in [5.74, 6) is 0. The third-order valence-corrected chi connectivity index (χ3v) is 12.7. The second-order valence-corrected chi connectivity index (χ2v) is 16.6. The van der Waals surface area contributed by atoms with Crippen LogP contribution in [-0.2, 0) is 0 Å². The van der Waals surface area contributed by atoms with Crippen LogP contribution in [0.2, 0.25) is 0 Å². The molecule has 0 unspecified atom stereocenters. The monoisotopic (exact) mass is 859 g/mol. The van der Waals surface area contributed by atoms with Crippen molar-refractivity contribution in [2.24, 2.45) is 0 Å². The van der Waals surface area contributed by atoms with Crippen molar-refractivity contribution < 1.29 is 5.48 Å². The smallest absolute Gasteiger partial charge is 0.0645 e. The molecule has 1 heterocycles. The van der Waals surface area contributed by atoms with Gasteiger partial charge < -0.3 is 14.4 Å². The number of hydrogen-bond donors (Lipinski definition) is 0. The van der Waals surface area contributed by atoms with Gasteiger partial charge in [-0.15, -0.1) is 0 Å². The molecule has 0 fully saturated rings. The second kappa shape index (κ2) is 17.2. The molecule has 0 N–H and O–H groups in total. The molecule has 12 aromatic rings. The molecule has 316 valence electrons. The predicted octanol–water partition coefficient (Wildman–Crippen LogP) is 17.9. The topological polar surface area (TPSA) is 11.4 Å². The van der Waals surface area contributed by atoms with Crippen LogP contribution < -0.4 is 9.80 Å². The Morgan fingerprint density at radius 1 is 0.284 bits per heavy atom. The molecule has 3 heteroatoms. The Labute approximate surface area is 396 Å². The lowest BCUT2D eigenvalue weighted by Crippen LogP contribution is -2.10. The standard InChI is InChI=1S/C64H45N3/c1-5-17-46(18-6-1)48-31-37-53(38-32-48)65(51-21-9-3-10-22-51)54-41-35-50(36-42-54)57-26-15-28-59-58(57)27-16-30-62(59)66(55-39-33-49(34-40-55)47-19-7-2-8-20-47)56-43-44-64-61(45-56)60-25-13-14-29-63(60)67(64)52-23-11-4-12-24-52/h1-45H/i35D,36D,41D,42D. The van der Waals surface area contributed by atoms with E-state index in [4.69, 9.17) is 0 Å². The minimum atomic E-state index is -0.131. The van der Waals surface area contributed by atoms with E-state index in [1.807, 2.05) is 114 Å². The molecule has 0 aliphatic carbocycles. The molecule has 3 nitrogen and oxygen atoms in total. The number of rotatable bonds is 10. The Balaban J connectivity index is 1.02. The number of hydrogen-bond acceptors (Lipinski definition) is 2. The Bertz CT molecular complexity index is 3870. The Morgan fingerprint density at radius 3 is 1.42 bits per heavy atom. The predicted molar refractivity (Wildman–Crippen MR) is 284 cm³/mol. The SMILES string of the molecule is [2H]c1c([2H])c(N(c2ccccc2)c2ccc(-c3ccccc3)cc2)c([2H])c([2H])c1-c1cccc2c(N(c3ccc(-c4ccccc4)cc3)c3ccc4c(c3)c3ccccc3n4-c3ccccc3)cccc12. The van der Waals surface area contributed by atoms with Crippen LogP contribution in [0.1, 0.15) is 5.48 Å². The van der Waals surface area contributed by atoms with Gasteiger partial charge in [-0.25, -0.2) is 0 Å². The normalized spacial score (nSPS) is 12.1. The molecule has 0 radical (unpaired) electrons. The first-order chi connectivity index (χ1) is 34.9. The summed E-state index contributed by atoms with van der Waals surface area (Å²) in [5, 5.41) is 3.97. The van der Waals surface area contributed by atoms with Gasteiger partial charge in [0, 0.05) is 50.3 Å². The molecule has 11 aromatic carbocycles. The van der Waals surface area contributed by atoms with E-state index in [-0.39, 0.29) is 35.4 Å². The van der Waals surface area contributed by atoms with Gasteiger partial charge in [0.25, 0.3) is 0 Å². The average molecular weight is 860 g/mol. The molecule has 0 aliphatic heterocycles. The van der Waals surface area contributed by atoms with Gasteiger partial charge >= 0.3 is 0 Å². The minimum absolute atomic E-state index is 0.116. The summed E-state index contributed by atoms with van der Waals surface area (Å²) >= 11 is 0. The van der Waals surface area contributed by atoms with E-state index < -0.39 is 0 Å². The molecule has 0 saturated heterocycles. The summed E-state index contributed by atoms with van der Waals surface area (Å²) in [5.41, 5.74) is 13.0. The van der Waals surface area contributed by atoms with Crippen molar-refractivity contribution >= 4 is 66.7 Å². The molecule has 0 atom stereocenters. The Morgan fingerprint density at radius 2 is 0.761 bits per heavy atom. The van der Waals surface area contributed by atoms with E-state index >= 15 is 0 Å². The zero-order valence-electron chi connectivity index (χ0n) is 40.5. The van der Waals surface area contributed by atoms with E-state index in [1.54, 1.807) is 0 Å². The number of anilines is 6. The quantitative estimate of drug-likeness (QED) is 0.136. The van der Waals surface area contributed by atoms with Gasteiger partial charge in [-0.3, -0.25) is 0 Å². The van der Waals surface area contributed by atoms with Gasteiger partial charge in [-0.1, -0.05) is 182 Å². The van der Waals surface area contributed by atoms with E-state index in [0.29, 0.717) is 5.56 Å². The number of aromatic nitrogens is 1. The second-order valence-electron chi connectivity index (χ2n) is 16.6. The molecule has 0 saturated carbocycles. The number of benzene rings is 11. The van der Waals surface area contributed by atoms with Gasteiger partial charge in [0.05, 0.1) is 22.2 Å². The van der Waals surface area contributed by atoms with Crippen molar-refractivity contribution in [1.82, 2.24) is 4.57 Å². The lowest BCUT2D eigenvalue weighted by Gasteiger charge is -2.28. The van der Waals surface area contributed by atoms with Crippen LogP contribution in [0.15, 0.2) is 273 Å². The summed E-state index contributed by atoms with van der Waals surface area (Å²) in [6.45, 7) is 0. The fourth-order valence-electron chi connectivity index (χ4n) is 9.49. The lowest BCUT2D eigenvalue weighted by molar-refractivity contribution is 1.18. The van der Waals surface area contributed by atoms with Crippen molar-refractivity contribution in [2.75, 3.05) is 9.80 Å². The maximum atomic E-state index is 9.73. The zero-order valence-corrected chi connectivity index (χ0v) is 36.5. The summed E-state index contributed by atoms with van der Waals surface area (Å²) in [7, 11) is 0. The van der Waals surface area contributed by atoms with Crippen molar-refractivity contribution in [3.05, 3.63) is 273 Å². The highest BCUT2D eigenvalue weighted by molar-refractivity contribution is 6.12. The third kappa shape index (κ3) is 7.39. The van der Waals surface area contributed by atoms with Crippen LogP contribution in [-0.4, -0.2) is 4.57 Å². The molecular weight excluding hydrogens is 811 g/mol. The summed E-state index contributed by atoms with van der Waals surface area (Å²) in [6, 6.07) is 84.1. The van der Waals surface area contributed by atoms with Crippen LogP contribution in [0.25, 0.3) is 71.6 Å². The molecule has 12 rings (SSSR count). The Hall–Kier alpha value is -8.92. The van der Waals surface area contributed by atoms with Crippen LogP contribution in [0, 0.1) is 0 Å². The first kappa shape index (κ1) is 35.4. The van der Waals surface area contributed by atoms with Gasteiger partial charge in [-0.05, 0) is 130 Å².